The van der Waals surface area contributed by atoms with E-state index >= 15 is 0 Å². The van der Waals surface area contributed by atoms with Crippen LogP contribution in [0.5, 0.6) is 5.75 Å². The van der Waals surface area contributed by atoms with Crippen LogP contribution in [-0.2, 0) is 11.2 Å². The molecular formula is C27H35N3O2. The fraction of sp³-hybridized carbons (Fsp3) is 0.519. The van der Waals surface area contributed by atoms with Crippen molar-refractivity contribution in [2.45, 2.75) is 59.0 Å². The lowest BCUT2D eigenvalue weighted by Gasteiger charge is -2.27. The molecule has 0 bridgehead atoms. The van der Waals surface area contributed by atoms with Crippen molar-refractivity contribution < 1.29 is 9.47 Å². The Morgan fingerprint density at radius 3 is 2.69 bits per heavy atom. The highest BCUT2D eigenvalue weighted by atomic mass is 16.5. The maximum Gasteiger partial charge on any atom is 0.128 e. The van der Waals surface area contributed by atoms with Crippen LogP contribution in [0.2, 0.25) is 0 Å². The van der Waals surface area contributed by atoms with Crippen LogP contribution in [0.25, 0.3) is 16.8 Å². The number of hydrogen-bond acceptors (Lipinski definition) is 4. The predicted octanol–water partition coefficient (Wildman–Crippen LogP) is 5.58. The maximum atomic E-state index is 6.03. The number of benzene rings is 1. The zero-order chi connectivity index (χ0) is 22.2. The van der Waals surface area contributed by atoms with E-state index in [9.17, 15) is 0 Å². The van der Waals surface area contributed by atoms with Crippen LogP contribution in [0, 0.1) is 19.8 Å². The Balaban J connectivity index is 1.65. The zero-order valence-corrected chi connectivity index (χ0v) is 19.9. The number of aromatic nitrogens is 2. The van der Waals surface area contributed by atoms with Gasteiger partial charge in [-0.05, 0) is 81.2 Å². The average molecular weight is 434 g/mol. The molecule has 0 amide bonds. The maximum absolute atomic E-state index is 6.03. The third kappa shape index (κ3) is 3.99. The summed E-state index contributed by atoms with van der Waals surface area (Å²) < 4.78 is 14.0. The van der Waals surface area contributed by atoms with Crippen LogP contribution in [0.4, 0.5) is 5.69 Å². The van der Waals surface area contributed by atoms with E-state index in [0.29, 0.717) is 6.10 Å². The summed E-state index contributed by atoms with van der Waals surface area (Å²) >= 11 is 0. The highest BCUT2D eigenvalue weighted by Crippen LogP contribution is 2.39. The molecule has 1 aliphatic heterocycles. The van der Waals surface area contributed by atoms with Crippen LogP contribution < -0.4 is 9.64 Å². The van der Waals surface area contributed by atoms with Gasteiger partial charge < -0.3 is 14.4 Å². The molecule has 1 unspecified atom stereocenters. The number of fused-ring (bicyclic) bond motifs is 1. The molecule has 1 saturated heterocycles. The number of ether oxygens (including phenoxy) is 2. The molecule has 1 atom stereocenters. The van der Waals surface area contributed by atoms with Crippen LogP contribution in [0.15, 0.2) is 30.3 Å². The molecule has 170 valence electrons. The van der Waals surface area contributed by atoms with E-state index in [1.165, 1.54) is 47.3 Å². The molecule has 5 rings (SSSR count). The Morgan fingerprint density at radius 1 is 1.16 bits per heavy atom. The standard InChI is InChI=1S/C27H35N3O2/c1-5-22-27(29(16-20-11-12-20)17-21-8-7-13-32-21)24-10-6-9-23(30(24)28-22)26-19(3)14-18(2)15-25(26)31-4/h6,9-10,14-15,20-21H,5,7-8,11-13,16-17H2,1-4H3. The Bertz CT molecular complexity index is 1110. The summed E-state index contributed by atoms with van der Waals surface area (Å²) in [6, 6.07) is 10.9. The molecule has 0 N–H and O–H groups in total. The predicted molar refractivity (Wildman–Crippen MR) is 130 cm³/mol. The van der Waals surface area contributed by atoms with Crippen molar-refractivity contribution >= 4 is 11.2 Å². The van der Waals surface area contributed by atoms with Gasteiger partial charge in [-0.3, -0.25) is 0 Å². The molecule has 2 fully saturated rings. The molecular weight excluding hydrogens is 398 g/mol. The molecule has 0 radical (unpaired) electrons. The molecule has 1 saturated carbocycles. The van der Waals surface area contributed by atoms with E-state index in [4.69, 9.17) is 14.6 Å². The molecule has 5 nitrogen and oxygen atoms in total. The number of anilines is 1. The van der Waals surface area contributed by atoms with Crippen molar-refractivity contribution in [3.05, 3.63) is 47.2 Å². The van der Waals surface area contributed by atoms with Gasteiger partial charge in [0.05, 0.1) is 35.8 Å². The topological polar surface area (TPSA) is 39.0 Å². The summed E-state index contributed by atoms with van der Waals surface area (Å²) in [6.45, 7) is 9.44. The molecule has 0 spiro atoms. The van der Waals surface area contributed by atoms with E-state index < -0.39 is 0 Å². The summed E-state index contributed by atoms with van der Waals surface area (Å²) in [5, 5.41) is 5.15. The summed E-state index contributed by atoms with van der Waals surface area (Å²) in [4.78, 5) is 2.58. The molecule has 3 heterocycles. The Labute approximate surface area is 191 Å². The molecule has 1 aromatic carbocycles. The van der Waals surface area contributed by atoms with Crippen molar-refractivity contribution in [3.63, 3.8) is 0 Å². The van der Waals surface area contributed by atoms with Crippen LogP contribution >= 0.6 is 0 Å². The molecule has 3 aromatic rings. The minimum atomic E-state index is 0.330. The van der Waals surface area contributed by atoms with Crippen molar-refractivity contribution in [2.24, 2.45) is 5.92 Å². The van der Waals surface area contributed by atoms with E-state index in [-0.39, 0.29) is 0 Å². The molecule has 2 aromatic heterocycles. The number of nitrogens with zero attached hydrogens (tertiary/aromatic N) is 3. The normalized spacial score (nSPS) is 18.4. The minimum absolute atomic E-state index is 0.330. The number of pyridine rings is 1. The first-order valence-electron chi connectivity index (χ1n) is 12.1. The molecule has 5 heteroatoms. The van der Waals surface area contributed by atoms with Crippen molar-refractivity contribution in [1.29, 1.82) is 0 Å². The van der Waals surface area contributed by atoms with Crippen molar-refractivity contribution in [3.8, 4) is 17.0 Å². The second-order valence-electron chi connectivity index (χ2n) is 9.50. The lowest BCUT2D eigenvalue weighted by molar-refractivity contribution is 0.115. The van der Waals surface area contributed by atoms with Gasteiger partial charge in [-0.25, -0.2) is 4.52 Å². The highest BCUT2D eigenvalue weighted by Gasteiger charge is 2.30. The number of rotatable bonds is 8. The van der Waals surface area contributed by atoms with E-state index in [0.717, 1.165) is 55.5 Å². The smallest absolute Gasteiger partial charge is 0.128 e. The van der Waals surface area contributed by atoms with Crippen molar-refractivity contribution in [2.75, 3.05) is 31.7 Å². The summed E-state index contributed by atoms with van der Waals surface area (Å²) in [6.07, 6.45) is 6.26. The quantitative estimate of drug-likeness (QED) is 0.465. The van der Waals surface area contributed by atoms with Crippen LogP contribution in [-0.4, -0.2) is 42.5 Å². The zero-order valence-electron chi connectivity index (χ0n) is 19.9. The summed E-state index contributed by atoms with van der Waals surface area (Å²) in [5.74, 6) is 1.71. The average Bonchev–Trinajstić information content (AvgIpc) is 3.29. The first-order valence-corrected chi connectivity index (χ1v) is 12.1. The molecule has 1 aliphatic carbocycles. The first-order chi connectivity index (χ1) is 15.6. The van der Waals surface area contributed by atoms with Gasteiger partial charge >= 0.3 is 0 Å². The SMILES string of the molecule is CCc1nn2c(-c3c(C)cc(C)cc3OC)cccc2c1N(CC1CC1)CC1CCCO1. The van der Waals surface area contributed by atoms with Crippen LogP contribution in [0.3, 0.4) is 0 Å². The minimum Gasteiger partial charge on any atom is -0.496 e. The van der Waals surface area contributed by atoms with Gasteiger partial charge in [-0.2, -0.15) is 5.10 Å². The second-order valence-corrected chi connectivity index (χ2v) is 9.50. The third-order valence-electron chi connectivity index (χ3n) is 6.90. The van der Waals surface area contributed by atoms with E-state index in [1.54, 1.807) is 7.11 Å². The fourth-order valence-electron chi connectivity index (χ4n) is 5.20. The lowest BCUT2D eigenvalue weighted by atomic mass is 10.0. The Kier molecular flexibility index (Phi) is 5.85. The Morgan fingerprint density at radius 2 is 2.00 bits per heavy atom. The van der Waals surface area contributed by atoms with Gasteiger partial charge in [0.2, 0.25) is 0 Å². The van der Waals surface area contributed by atoms with Gasteiger partial charge in [0, 0.05) is 25.3 Å². The summed E-state index contributed by atoms with van der Waals surface area (Å²) in [7, 11) is 1.75. The number of methoxy groups -OCH3 is 1. The number of hydrogen-bond donors (Lipinski definition) is 0. The van der Waals surface area contributed by atoms with E-state index in [1.807, 2.05) is 0 Å². The van der Waals surface area contributed by atoms with Gasteiger partial charge in [0.25, 0.3) is 0 Å². The highest BCUT2D eigenvalue weighted by molar-refractivity contribution is 5.81. The third-order valence-corrected chi connectivity index (χ3v) is 6.90. The van der Waals surface area contributed by atoms with Gasteiger partial charge in [0.1, 0.15) is 5.75 Å². The monoisotopic (exact) mass is 433 g/mol. The van der Waals surface area contributed by atoms with Gasteiger partial charge in [0.15, 0.2) is 0 Å². The fourth-order valence-corrected chi connectivity index (χ4v) is 5.20. The largest absolute Gasteiger partial charge is 0.496 e. The van der Waals surface area contributed by atoms with Crippen molar-refractivity contribution in [1.82, 2.24) is 9.61 Å². The molecule has 2 aliphatic rings. The van der Waals surface area contributed by atoms with Crippen LogP contribution in [0.1, 0.15) is 49.4 Å². The first kappa shape index (κ1) is 21.3. The Hall–Kier alpha value is -2.53. The van der Waals surface area contributed by atoms with E-state index in [2.05, 4.69) is 60.5 Å². The summed E-state index contributed by atoms with van der Waals surface area (Å²) in [5.41, 5.74) is 8.26. The number of aryl methyl sites for hydroxylation is 3. The lowest BCUT2D eigenvalue weighted by Crippen LogP contribution is -2.34. The molecule has 32 heavy (non-hydrogen) atoms. The second kappa shape index (κ2) is 8.78. The van der Waals surface area contributed by atoms with Gasteiger partial charge in [-0.15, -0.1) is 0 Å². The van der Waals surface area contributed by atoms with Gasteiger partial charge in [-0.1, -0.05) is 19.1 Å².